The largest absolute Gasteiger partial charge is 0.330 e. The smallest absolute Gasteiger partial charge is 0.147 e. The first kappa shape index (κ1) is 11.3. The Kier molecular flexibility index (Phi) is 3.73. The molecule has 1 fully saturated rings. The van der Waals surface area contributed by atoms with Crippen molar-refractivity contribution in [1.82, 2.24) is 0 Å². The molecule has 1 aromatic carbocycles. The van der Waals surface area contributed by atoms with Gasteiger partial charge in [0.2, 0.25) is 0 Å². The van der Waals surface area contributed by atoms with Gasteiger partial charge >= 0.3 is 0 Å². The summed E-state index contributed by atoms with van der Waals surface area (Å²) in [6, 6.07) is 10.6. The maximum atomic E-state index is 11.6. The van der Waals surface area contributed by atoms with Crippen LogP contribution in [-0.2, 0) is 11.3 Å². The summed E-state index contributed by atoms with van der Waals surface area (Å²) >= 11 is 0. The predicted octanol–water partition coefficient (Wildman–Crippen LogP) is 1.07. The van der Waals surface area contributed by atoms with E-state index < -0.39 is 0 Å². The normalized spacial score (nSPS) is 25.7. The quantitative estimate of drug-likeness (QED) is 0.805. The van der Waals surface area contributed by atoms with E-state index in [0.29, 0.717) is 11.7 Å². The topological polar surface area (TPSA) is 21.5 Å². The van der Waals surface area contributed by atoms with Gasteiger partial charge in [-0.1, -0.05) is 37.3 Å². The summed E-state index contributed by atoms with van der Waals surface area (Å²) in [5, 5.41) is 0. The number of benzene rings is 1. The van der Waals surface area contributed by atoms with Crippen LogP contribution < -0.4 is 4.90 Å². The Morgan fingerprint density at radius 2 is 2.06 bits per heavy atom. The Hall–Kier alpha value is -1.15. The molecule has 2 rings (SSSR count). The average molecular weight is 218 g/mol. The fraction of sp³-hybridized carbons (Fsp3) is 0.500. The Labute approximate surface area is 97.3 Å². The summed E-state index contributed by atoms with van der Waals surface area (Å²) < 4.78 is 0. The van der Waals surface area contributed by atoms with Crippen LogP contribution in [0.25, 0.3) is 0 Å². The van der Waals surface area contributed by atoms with Gasteiger partial charge in [0, 0.05) is 5.56 Å². The summed E-state index contributed by atoms with van der Waals surface area (Å²) in [7, 11) is 0. The molecule has 1 aliphatic heterocycles. The van der Waals surface area contributed by atoms with Gasteiger partial charge in [-0.2, -0.15) is 0 Å². The predicted molar refractivity (Wildman–Crippen MR) is 64.2 cm³/mol. The van der Waals surface area contributed by atoms with E-state index in [4.69, 9.17) is 0 Å². The van der Waals surface area contributed by atoms with Crippen LogP contribution in [-0.4, -0.2) is 18.9 Å². The number of rotatable bonds is 3. The van der Waals surface area contributed by atoms with Crippen molar-refractivity contribution in [3.05, 3.63) is 35.9 Å². The van der Waals surface area contributed by atoms with Crippen molar-refractivity contribution in [3.8, 4) is 0 Å². The molecule has 1 N–H and O–H groups in total. The molecular weight excluding hydrogens is 198 g/mol. The number of hydrogen-bond donors (Lipinski definition) is 1. The highest BCUT2D eigenvalue weighted by Gasteiger charge is 2.28. The minimum absolute atomic E-state index is 0.299. The Morgan fingerprint density at radius 1 is 1.31 bits per heavy atom. The van der Waals surface area contributed by atoms with E-state index in [1.165, 1.54) is 5.56 Å². The van der Waals surface area contributed by atoms with Crippen LogP contribution in [0.15, 0.2) is 30.3 Å². The van der Waals surface area contributed by atoms with Gasteiger partial charge in [-0.25, -0.2) is 0 Å². The second-order valence-electron chi connectivity index (χ2n) is 4.69. The molecule has 1 aromatic rings. The first-order valence-corrected chi connectivity index (χ1v) is 6.19. The van der Waals surface area contributed by atoms with Crippen molar-refractivity contribution in [3.63, 3.8) is 0 Å². The highest BCUT2D eigenvalue weighted by Crippen LogP contribution is 2.07. The maximum absolute atomic E-state index is 11.6. The highest BCUT2D eigenvalue weighted by molar-refractivity contribution is 5.81. The summed E-state index contributed by atoms with van der Waals surface area (Å²) in [5.74, 6) is 0.770. The second-order valence-corrected chi connectivity index (χ2v) is 4.69. The molecule has 1 unspecified atom stereocenters. The van der Waals surface area contributed by atoms with Gasteiger partial charge in [-0.05, 0) is 6.42 Å². The van der Waals surface area contributed by atoms with E-state index in [2.05, 4.69) is 31.2 Å². The molecule has 2 nitrogen and oxygen atoms in total. The lowest BCUT2D eigenvalue weighted by molar-refractivity contribution is -0.918. The molecule has 1 aliphatic rings. The number of ketones is 1. The monoisotopic (exact) mass is 218 g/mol. The summed E-state index contributed by atoms with van der Waals surface area (Å²) in [4.78, 5) is 13.2. The van der Waals surface area contributed by atoms with Gasteiger partial charge < -0.3 is 4.90 Å². The SMILES string of the molecule is CC[C@H]1C[NH+](Cc2ccccc2)CCC1=O. The minimum atomic E-state index is 0.299. The molecule has 0 radical (unpaired) electrons. The molecule has 1 heterocycles. The summed E-state index contributed by atoms with van der Waals surface area (Å²) in [6.45, 7) is 5.20. The Bertz CT molecular complexity index is 347. The zero-order chi connectivity index (χ0) is 11.4. The minimum Gasteiger partial charge on any atom is -0.330 e. The number of nitrogens with one attached hydrogen (secondary N) is 1. The molecule has 16 heavy (non-hydrogen) atoms. The number of hydrogen-bond acceptors (Lipinski definition) is 1. The third kappa shape index (κ3) is 2.70. The molecule has 0 saturated carbocycles. The highest BCUT2D eigenvalue weighted by atomic mass is 16.1. The van der Waals surface area contributed by atoms with Gasteiger partial charge in [-0.3, -0.25) is 4.79 Å². The molecule has 2 atom stereocenters. The number of quaternary nitrogens is 1. The number of piperidine rings is 1. The van der Waals surface area contributed by atoms with Crippen molar-refractivity contribution in [1.29, 1.82) is 0 Å². The fourth-order valence-electron chi connectivity index (χ4n) is 2.49. The Morgan fingerprint density at radius 3 is 2.75 bits per heavy atom. The lowest BCUT2D eigenvalue weighted by Crippen LogP contribution is -3.12. The number of carbonyl (C=O) groups is 1. The zero-order valence-corrected chi connectivity index (χ0v) is 9.91. The molecule has 2 heteroatoms. The standard InChI is InChI=1S/C14H19NO/c1-2-13-11-15(9-8-14(13)16)10-12-6-4-3-5-7-12/h3-7,13H,2,8-11H2,1H3/p+1/t13-/m0/s1. The van der Waals surface area contributed by atoms with Crippen LogP contribution in [0.3, 0.4) is 0 Å². The van der Waals surface area contributed by atoms with Crippen LogP contribution in [0.1, 0.15) is 25.3 Å². The van der Waals surface area contributed by atoms with Gasteiger partial charge in [0.25, 0.3) is 0 Å². The van der Waals surface area contributed by atoms with Gasteiger partial charge in [0.15, 0.2) is 0 Å². The van der Waals surface area contributed by atoms with Gasteiger partial charge in [0.05, 0.1) is 25.4 Å². The van der Waals surface area contributed by atoms with E-state index in [1.807, 2.05) is 6.07 Å². The Balaban J connectivity index is 1.94. The van der Waals surface area contributed by atoms with Gasteiger partial charge in [0.1, 0.15) is 12.3 Å². The van der Waals surface area contributed by atoms with Crippen LogP contribution in [0, 0.1) is 5.92 Å². The molecule has 1 saturated heterocycles. The van der Waals surface area contributed by atoms with E-state index in [9.17, 15) is 4.79 Å². The molecule has 0 spiro atoms. The van der Waals surface area contributed by atoms with E-state index in [0.717, 1.165) is 32.5 Å². The van der Waals surface area contributed by atoms with Crippen LogP contribution >= 0.6 is 0 Å². The summed E-state index contributed by atoms with van der Waals surface area (Å²) in [5.41, 5.74) is 1.38. The molecule has 86 valence electrons. The van der Waals surface area contributed by atoms with E-state index in [1.54, 1.807) is 4.90 Å². The van der Waals surface area contributed by atoms with Crippen LogP contribution in [0.2, 0.25) is 0 Å². The van der Waals surface area contributed by atoms with Crippen molar-refractivity contribution < 1.29 is 9.69 Å². The number of Topliss-reactive ketones (excluding diaryl/α,β-unsaturated/α-hetero) is 1. The lowest BCUT2D eigenvalue weighted by atomic mass is 9.94. The first-order valence-electron chi connectivity index (χ1n) is 6.19. The third-order valence-electron chi connectivity index (χ3n) is 3.51. The van der Waals surface area contributed by atoms with Crippen molar-refractivity contribution in [2.24, 2.45) is 5.92 Å². The molecule has 0 bridgehead atoms. The molecule has 0 aromatic heterocycles. The average Bonchev–Trinajstić information content (AvgIpc) is 2.33. The summed E-state index contributed by atoms with van der Waals surface area (Å²) in [6.07, 6.45) is 1.76. The van der Waals surface area contributed by atoms with Crippen molar-refractivity contribution in [2.75, 3.05) is 13.1 Å². The van der Waals surface area contributed by atoms with E-state index in [-0.39, 0.29) is 0 Å². The second kappa shape index (κ2) is 5.26. The molecular formula is C14H20NO+. The van der Waals surface area contributed by atoms with E-state index >= 15 is 0 Å². The maximum Gasteiger partial charge on any atom is 0.147 e. The van der Waals surface area contributed by atoms with Crippen LogP contribution in [0.5, 0.6) is 0 Å². The third-order valence-corrected chi connectivity index (χ3v) is 3.51. The lowest BCUT2D eigenvalue weighted by Gasteiger charge is -2.28. The van der Waals surface area contributed by atoms with Crippen molar-refractivity contribution in [2.45, 2.75) is 26.3 Å². The number of likely N-dealkylation sites (tertiary alicyclic amines) is 1. The first-order chi connectivity index (χ1) is 7.79. The van der Waals surface area contributed by atoms with Crippen LogP contribution in [0.4, 0.5) is 0 Å². The number of carbonyl (C=O) groups excluding carboxylic acids is 1. The fourth-order valence-corrected chi connectivity index (χ4v) is 2.49. The molecule has 0 aliphatic carbocycles. The van der Waals surface area contributed by atoms with Gasteiger partial charge in [-0.15, -0.1) is 0 Å². The zero-order valence-electron chi connectivity index (χ0n) is 9.91. The van der Waals surface area contributed by atoms with Crippen molar-refractivity contribution >= 4 is 5.78 Å². The molecule has 0 amide bonds.